The minimum atomic E-state index is -0.463. The van der Waals surface area contributed by atoms with Crippen LogP contribution < -0.4 is 11.0 Å². The topological polar surface area (TPSA) is 77.1 Å². The van der Waals surface area contributed by atoms with Crippen LogP contribution in [-0.4, -0.2) is 15.5 Å². The Labute approximate surface area is 89.9 Å². The molecule has 0 saturated heterocycles. The molecule has 0 radical (unpaired) electrons. The Morgan fingerprint density at radius 3 is 2.88 bits per heavy atom. The molecule has 6 heteroatoms. The predicted octanol–water partition coefficient (Wildman–Crippen LogP) is 0.558. The maximum absolute atomic E-state index is 11.6. The van der Waals surface area contributed by atoms with Crippen molar-refractivity contribution < 1.29 is 9.21 Å². The summed E-state index contributed by atoms with van der Waals surface area (Å²) in [5.74, 6) is 0.996. The van der Waals surface area contributed by atoms with Gasteiger partial charge in [-0.2, -0.15) is 4.98 Å². The SMILES string of the molecule is Cc1oc2nc(=O)n3c(c2c1C)NC(=O)C3. The molecule has 3 rings (SSSR count). The van der Waals surface area contributed by atoms with E-state index in [0.29, 0.717) is 17.0 Å². The minimum absolute atomic E-state index is 0.0285. The molecule has 16 heavy (non-hydrogen) atoms. The molecule has 0 spiro atoms. The minimum Gasteiger partial charge on any atom is -0.442 e. The third-order valence-electron chi connectivity index (χ3n) is 2.86. The maximum Gasteiger partial charge on any atom is 0.352 e. The molecular weight excluding hydrogens is 210 g/mol. The van der Waals surface area contributed by atoms with E-state index in [4.69, 9.17) is 4.42 Å². The van der Waals surface area contributed by atoms with Gasteiger partial charge < -0.3 is 9.73 Å². The van der Waals surface area contributed by atoms with Gasteiger partial charge in [0, 0.05) is 5.56 Å². The average Bonchev–Trinajstić information content (AvgIpc) is 2.70. The van der Waals surface area contributed by atoms with Crippen LogP contribution in [0.25, 0.3) is 11.1 Å². The lowest BCUT2D eigenvalue weighted by molar-refractivity contribution is -0.115. The van der Waals surface area contributed by atoms with E-state index in [1.807, 2.05) is 6.92 Å². The number of fused-ring (bicyclic) bond motifs is 3. The van der Waals surface area contributed by atoms with Gasteiger partial charge in [-0.15, -0.1) is 0 Å². The molecule has 0 aliphatic carbocycles. The summed E-state index contributed by atoms with van der Waals surface area (Å²) in [4.78, 5) is 26.7. The van der Waals surface area contributed by atoms with Crippen molar-refractivity contribution >= 4 is 22.8 Å². The number of carbonyl (C=O) groups excluding carboxylic acids is 1. The highest BCUT2D eigenvalue weighted by Crippen LogP contribution is 2.30. The number of anilines is 1. The van der Waals surface area contributed by atoms with E-state index in [1.165, 1.54) is 4.57 Å². The first-order valence-electron chi connectivity index (χ1n) is 4.88. The molecule has 2 aromatic rings. The number of furan rings is 1. The molecule has 3 heterocycles. The predicted molar refractivity (Wildman–Crippen MR) is 56.4 cm³/mol. The Balaban J connectivity index is 2.52. The van der Waals surface area contributed by atoms with Crippen LogP contribution in [0.15, 0.2) is 9.21 Å². The van der Waals surface area contributed by atoms with Gasteiger partial charge in [-0.05, 0) is 13.8 Å². The standard InChI is InChI=1S/C10H9N3O3/c1-4-5(2)16-9-7(4)8-11-6(14)3-13(8)10(15)12-9/h3H2,1-2H3,(H,11,14). The molecule has 1 amide bonds. The Hall–Kier alpha value is -2.11. The van der Waals surface area contributed by atoms with Gasteiger partial charge in [-0.25, -0.2) is 4.79 Å². The van der Waals surface area contributed by atoms with Gasteiger partial charge in [0.2, 0.25) is 11.6 Å². The van der Waals surface area contributed by atoms with Gasteiger partial charge in [0.15, 0.2) is 0 Å². The summed E-state index contributed by atoms with van der Waals surface area (Å²) in [5.41, 5.74) is 0.719. The van der Waals surface area contributed by atoms with E-state index in [2.05, 4.69) is 10.3 Å². The summed E-state index contributed by atoms with van der Waals surface area (Å²) < 4.78 is 6.69. The Bertz CT molecular complexity index is 681. The molecule has 1 aliphatic rings. The smallest absolute Gasteiger partial charge is 0.352 e. The zero-order valence-electron chi connectivity index (χ0n) is 8.83. The van der Waals surface area contributed by atoms with Gasteiger partial charge in [0.05, 0.1) is 5.39 Å². The summed E-state index contributed by atoms with van der Waals surface area (Å²) in [6, 6.07) is 0. The van der Waals surface area contributed by atoms with Crippen molar-refractivity contribution in [3.8, 4) is 0 Å². The fourth-order valence-corrected chi connectivity index (χ4v) is 1.94. The molecule has 0 fully saturated rings. The van der Waals surface area contributed by atoms with Crippen LogP contribution in [0.2, 0.25) is 0 Å². The second-order valence-electron chi connectivity index (χ2n) is 3.84. The van der Waals surface area contributed by atoms with Crippen LogP contribution in [0.3, 0.4) is 0 Å². The van der Waals surface area contributed by atoms with Crippen LogP contribution in [0, 0.1) is 13.8 Å². The van der Waals surface area contributed by atoms with Crippen LogP contribution >= 0.6 is 0 Å². The highest BCUT2D eigenvalue weighted by atomic mass is 16.3. The van der Waals surface area contributed by atoms with E-state index in [-0.39, 0.29) is 18.2 Å². The van der Waals surface area contributed by atoms with Gasteiger partial charge in [-0.1, -0.05) is 0 Å². The largest absolute Gasteiger partial charge is 0.442 e. The summed E-state index contributed by atoms with van der Waals surface area (Å²) in [5, 5.41) is 3.37. The molecule has 0 atom stereocenters. The number of hydrogen-bond donors (Lipinski definition) is 1. The third kappa shape index (κ3) is 0.982. The van der Waals surface area contributed by atoms with Crippen molar-refractivity contribution in [2.24, 2.45) is 0 Å². The quantitative estimate of drug-likeness (QED) is 0.702. The van der Waals surface area contributed by atoms with Gasteiger partial charge in [0.25, 0.3) is 0 Å². The zero-order valence-corrected chi connectivity index (χ0v) is 8.83. The lowest BCUT2D eigenvalue weighted by Gasteiger charge is -2.00. The van der Waals surface area contributed by atoms with E-state index in [1.54, 1.807) is 6.92 Å². The van der Waals surface area contributed by atoms with Gasteiger partial charge >= 0.3 is 5.69 Å². The van der Waals surface area contributed by atoms with Crippen LogP contribution in [0.4, 0.5) is 5.82 Å². The van der Waals surface area contributed by atoms with Crippen molar-refractivity contribution in [3.05, 3.63) is 21.8 Å². The van der Waals surface area contributed by atoms with Crippen LogP contribution in [-0.2, 0) is 11.3 Å². The Morgan fingerprint density at radius 1 is 1.38 bits per heavy atom. The van der Waals surface area contributed by atoms with E-state index in [9.17, 15) is 9.59 Å². The van der Waals surface area contributed by atoms with Crippen LogP contribution in [0.5, 0.6) is 0 Å². The van der Waals surface area contributed by atoms with E-state index in [0.717, 1.165) is 5.56 Å². The highest BCUT2D eigenvalue weighted by molar-refractivity contribution is 6.03. The van der Waals surface area contributed by atoms with Crippen molar-refractivity contribution in [2.45, 2.75) is 20.4 Å². The molecular formula is C10H9N3O3. The number of amides is 1. The number of nitrogens with one attached hydrogen (secondary N) is 1. The number of nitrogens with zero attached hydrogens (tertiary/aromatic N) is 2. The van der Waals surface area contributed by atoms with Crippen molar-refractivity contribution in [1.82, 2.24) is 9.55 Å². The molecule has 1 N–H and O–H groups in total. The molecule has 0 saturated carbocycles. The number of carbonyl (C=O) groups is 1. The molecule has 0 aromatic carbocycles. The molecule has 82 valence electrons. The maximum atomic E-state index is 11.6. The van der Waals surface area contributed by atoms with E-state index < -0.39 is 5.69 Å². The normalized spacial score (nSPS) is 14.2. The first-order chi connectivity index (χ1) is 7.58. The summed E-state index contributed by atoms with van der Waals surface area (Å²) in [7, 11) is 0. The Kier molecular flexibility index (Phi) is 1.55. The Morgan fingerprint density at radius 2 is 2.12 bits per heavy atom. The third-order valence-corrected chi connectivity index (χ3v) is 2.86. The van der Waals surface area contributed by atoms with Crippen molar-refractivity contribution in [2.75, 3.05) is 5.32 Å². The highest BCUT2D eigenvalue weighted by Gasteiger charge is 2.25. The lowest BCUT2D eigenvalue weighted by Crippen LogP contribution is -2.21. The summed E-state index contributed by atoms with van der Waals surface area (Å²) >= 11 is 0. The fraction of sp³-hybridized carbons (Fsp3) is 0.300. The summed E-state index contributed by atoms with van der Waals surface area (Å²) in [6.45, 7) is 3.70. The molecule has 6 nitrogen and oxygen atoms in total. The summed E-state index contributed by atoms with van der Waals surface area (Å²) in [6.07, 6.45) is 0. The lowest BCUT2D eigenvalue weighted by atomic mass is 10.2. The first kappa shape index (κ1) is 9.14. The van der Waals surface area contributed by atoms with Crippen molar-refractivity contribution in [1.29, 1.82) is 0 Å². The second-order valence-corrected chi connectivity index (χ2v) is 3.84. The van der Waals surface area contributed by atoms with Gasteiger partial charge in [-0.3, -0.25) is 9.36 Å². The molecule has 0 unspecified atom stereocenters. The number of aromatic nitrogens is 2. The molecule has 0 bridgehead atoms. The average molecular weight is 219 g/mol. The van der Waals surface area contributed by atoms with E-state index >= 15 is 0 Å². The number of hydrogen-bond acceptors (Lipinski definition) is 4. The monoisotopic (exact) mass is 219 g/mol. The molecule has 2 aromatic heterocycles. The van der Waals surface area contributed by atoms with Crippen LogP contribution in [0.1, 0.15) is 11.3 Å². The number of aryl methyl sites for hydroxylation is 2. The van der Waals surface area contributed by atoms with Crippen molar-refractivity contribution in [3.63, 3.8) is 0 Å². The second kappa shape index (κ2) is 2.72. The number of rotatable bonds is 0. The first-order valence-corrected chi connectivity index (χ1v) is 4.88. The zero-order chi connectivity index (χ0) is 11.4. The molecule has 1 aliphatic heterocycles. The fourth-order valence-electron chi connectivity index (χ4n) is 1.94. The van der Waals surface area contributed by atoms with Gasteiger partial charge in [0.1, 0.15) is 18.1 Å².